The third-order valence-corrected chi connectivity index (χ3v) is 9.83. The van der Waals surface area contributed by atoms with Gasteiger partial charge in [0, 0.05) is 50.6 Å². The van der Waals surface area contributed by atoms with E-state index in [0.717, 1.165) is 61.4 Å². The molecule has 1 unspecified atom stereocenters. The number of nitrogens with zero attached hydrogens (tertiary/aromatic N) is 4. The maximum absolute atomic E-state index is 15.1. The number of hydrogen-bond donors (Lipinski definition) is 0. The lowest BCUT2D eigenvalue weighted by atomic mass is 9.88. The second-order valence-electron chi connectivity index (χ2n) is 10.4. The summed E-state index contributed by atoms with van der Waals surface area (Å²) in [4.78, 5) is 11.4. The number of benzene rings is 1. The molecule has 1 aromatic heterocycles. The van der Waals surface area contributed by atoms with Gasteiger partial charge in [-0.1, -0.05) is 26.3 Å². The number of sulfonamides is 1. The molecule has 200 valence electrons. The average Bonchev–Trinajstić information content (AvgIpc) is 3.35. The third-order valence-electron chi connectivity index (χ3n) is 7.79. The molecule has 0 aliphatic carbocycles. The number of halogens is 1. The maximum atomic E-state index is 15.1. The lowest BCUT2D eigenvalue weighted by Gasteiger charge is -2.34. The number of hydrogen-bond acceptors (Lipinski definition) is 6. The van der Waals surface area contributed by atoms with Crippen LogP contribution in [-0.2, 0) is 22.9 Å². The van der Waals surface area contributed by atoms with Crippen molar-refractivity contribution in [1.82, 2.24) is 14.3 Å². The summed E-state index contributed by atoms with van der Waals surface area (Å²) in [6.45, 7) is 6.54. The maximum Gasteiger partial charge on any atom is 0.225 e. The Hall–Kier alpha value is -2.52. The first-order valence-electron chi connectivity index (χ1n) is 13.6. The van der Waals surface area contributed by atoms with E-state index >= 15 is 4.39 Å². The molecule has 1 fully saturated rings. The van der Waals surface area contributed by atoms with E-state index in [2.05, 4.69) is 21.8 Å². The normalized spacial score (nSPS) is 21.0. The molecule has 0 saturated carbocycles. The highest BCUT2D eigenvalue weighted by Gasteiger charge is 2.35. The Morgan fingerprint density at radius 2 is 1.84 bits per heavy atom. The lowest BCUT2D eigenvalue weighted by Crippen LogP contribution is -2.40. The van der Waals surface area contributed by atoms with Crippen LogP contribution in [0.2, 0.25) is 0 Å². The monoisotopic (exact) mass is 528 g/mol. The van der Waals surface area contributed by atoms with Gasteiger partial charge in [-0.25, -0.2) is 22.8 Å². The van der Waals surface area contributed by atoms with E-state index in [9.17, 15) is 8.42 Å². The van der Waals surface area contributed by atoms with Gasteiger partial charge in [0.15, 0.2) is 11.6 Å². The molecule has 4 heterocycles. The number of aromatic nitrogens is 2. The molecule has 3 aliphatic rings. The van der Waals surface area contributed by atoms with E-state index < -0.39 is 10.0 Å². The summed E-state index contributed by atoms with van der Waals surface area (Å²) in [6, 6.07) is 3.59. The summed E-state index contributed by atoms with van der Waals surface area (Å²) in [5, 5.41) is 0. The van der Waals surface area contributed by atoms with Gasteiger partial charge in [0.2, 0.25) is 16.0 Å². The molecule has 2 aromatic rings. The minimum atomic E-state index is -3.22. The molecular formula is C28H37FN4O3S. The molecule has 5 rings (SSSR count). The molecule has 7 nitrogen and oxygen atoms in total. The van der Waals surface area contributed by atoms with E-state index in [1.165, 1.54) is 9.87 Å². The van der Waals surface area contributed by atoms with Crippen LogP contribution < -0.4 is 9.64 Å². The van der Waals surface area contributed by atoms with Crippen molar-refractivity contribution in [2.24, 2.45) is 5.92 Å². The molecule has 3 aliphatic heterocycles. The van der Waals surface area contributed by atoms with Gasteiger partial charge in [-0.3, -0.25) is 0 Å². The van der Waals surface area contributed by atoms with Crippen LogP contribution in [0.1, 0.15) is 62.6 Å². The highest BCUT2D eigenvalue weighted by Crippen LogP contribution is 2.39. The van der Waals surface area contributed by atoms with Gasteiger partial charge in [-0.2, -0.15) is 4.31 Å². The number of piperidine rings is 1. The van der Waals surface area contributed by atoms with Crippen LogP contribution in [0.15, 0.2) is 30.6 Å². The van der Waals surface area contributed by atoms with Crippen molar-refractivity contribution in [3.63, 3.8) is 0 Å². The van der Waals surface area contributed by atoms with Gasteiger partial charge in [0.05, 0.1) is 5.75 Å². The van der Waals surface area contributed by atoms with Crippen LogP contribution in [0.3, 0.4) is 0 Å². The predicted octanol–water partition coefficient (Wildman–Crippen LogP) is 4.62. The molecule has 9 heteroatoms. The topological polar surface area (TPSA) is 75.6 Å². The standard InChI is InChI=1S/C28H37FN4O3S/c1-3-5-20-18-30-28(31-19-20)32-10-6-22(7-11-32)26-17-24-15-23(16-25(29)27(24)36-26)21-8-12-33(13-9-21)37(34,35)14-4-2/h8,15-16,18-19,22,26H,3-7,9-14,17H2,1-2H3. The Labute approximate surface area is 219 Å². The van der Waals surface area contributed by atoms with Gasteiger partial charge in [-0.15, -0.1) is 0 Å². The van der Waals surface area contributed by atoms with Crippen LogP contribution in [0.5, 0.6) is 5.75 Å². The Balaban J connectivity index is 1.20. The van der Waals surface area contributed by atoms with Crippen LogP contribution in [0.25, 0.3) is 5.57 Å². The Bertz CT molecular complexity index is 1240. The van der Waals surface area contributed by atoms with E-state index in [0.29, 0.717) is 44.0 Å². The predicted molar refractivity (Wildman–Crippen MR) is 144 cm³/mol. The summed E-state index contributed by atoms with van der Waals surface area (Å²) in [5.74, 6) is 1.37. The third kappa shape index (κ3) is 5.67. The smallest absolute Gasteiger partial charge is 0.225 e. The Kier molecular flexibility index (Phi) is 7.81. The summed E-state index contributed by atoms with van der Waals surface area (Å²) < 4.78 is 47.5. The van der Waals surface area contributed by atoms with Crippen molar-refractivity contribution >= 4 is 21.5 Å². The minimum Gasteiger partial charge on any atom is -0.486 e. The molecule has 1 atom stereocenters. The van der Waals surface area contributed by atoms with Crippen molar-refractivity contribution < 1.29 is 17.5 Å². The summed E-state index contributed by atoms with van der Waals surface area (Å²) in [6.07, 6.45) is 11.7. The fourth-order valence-electron chi connectivity index (χ4n) is 5.74. The van der Waals surface area contributed by atoms with Crippen LogP contribution in [0.4, 0.5) is 10.3 Å². The van der Waals surface area contributed by atoms with Gasteiger partial charge in [0.25, 0.3) is 0 Å². The number of fused-ring (bicyclic) bond motifs is 1. The molecular weight excluding hydrogens is 491 g/mol. The summed E-state index contributed by atoms with van der Waals surface area (Å²) in [7, 11) is -3.22. The van der Waals surface area contributed by atoms with E-state index in [-0.39, 0.29) is 17.7 Å². The molecule has 37 heavy (non-hydrogen) atoms. The van der Waals surface area contributed by atoms with Gasteiger partial charge >= 0.3 is 0 Å². The van der Waals surface area contributed by atoms with Crippen LogP contribution in [0, 0.1) is 11.7 Å². The second-order valence-corrected chi connectivity index (χ2v) is 12.5. The Morgan fingerprint density at radius 3 is 2.49 bits per heavy atom. The SMILES string of the molecule is CCCc1cnc(N2CCC(C3Cc4cc(C5=CCN(S(=O)(=O)CCC)CC5)cc(F)c4O3)CC2)nc1. The number of ether oxygens (including phenoxy) is 1. The number of anilines is 1. The highest BCUT2D eigenvalue weighted by atomic mass is 32.2. The van der Waals surface area contributed by atoms with Gasteiger partial charge < -0.3 is 9.64 Å². The van der Waals surface area contributed by atoms with Crippen molar-refractivity contribution in [2.75, 3.05) is 36.8 Å². The van der Waals surface area contributed by atoms with Crippen LogP contribution in [-0.4, -0.2) is 60.7 Å². The minimum absolute atomic E-state index is 0.0234. The number of aryl methyl sites for hydroxylation is 1. The lowest BCUT2D eigenvalue weighted by molar-refractivity contribution is 0.134. The Morgan fingerprint density at radius 1 is 1.08 bits per heavy atom. The highest BCUT2D eigenvalue weighted by molar-refractivity contribution is 7.89. The fraction of sp³-hybridized carbons (Fsp3) is 0.571. The molecule has 0 amide bonds. The first-order valence-corrected chi connectivity index (χ1v) is 15.2. The zero-order valence-corrected chi connectivity index (χ0v) is 22.6. The number of rotatable bonds is 8. The molecule has 0 bridgehead atoms. The summed E-state index contributed by atoms with van der Waals surface area (Å²) >= 11 is 0. The quantitative estimate of drug-likeness (QED) is 0.498. The zero-order valence-electron chi connectivity index (χ0n) is 21.8. The van der Waals surface area contributed by atoms with Gasteiger partial charge in [0.1, 0.15) is 6.10 Å². The molecule has 0 spiro atoms. The van der Waals surface area contributed by atoms with E-state index in [1.807, 2.05) is 31.5 Å². The molecule has 0 radical (unpaired) electrons. The van der Waals surface area contributed by atoms with Crippen molar-refractivity contribution in [3.05, 3.63) is 53.1 Å². The molecule has 0 N–H and O–H groups in total. The zero-order chi connectivity index (χ0) is 26.0. The molecule has 1 aromatic carbocycles. The van der Waals surface area contributed by atoms with E-state index in [1.54, 1.807) is 6.07 Å². The second kappa shape index (κ2) is 11.1. The average molecular weight is 529 g/mol. The van der Waals surface area contributed by atoms with Crippen molar-refractivity contribution in [1.29, 1.82) is 0 Å². The largest absolute Gasteiger partial charge is 0.486 e. The first kappa shape index (κ1) is 26.1. The summed E-state index contributed by atoms with van der Waals surface area (Å²) in [5.41, 5.74) is 3.93. The fourth-order valence-corrected chi connectivity index (χ4v) is 7.19. The van der Waals surface area contributed by atoms with Crippen molar-refractivity contribution in [3.8, 4) is 5.75 Å². The first-order chi connectivity index (χ1) is 17.9. The molecule has 1 saturated heterocycles. The van der Waals surface area contributed by atoms with Gasteiger partial charge in [-0.05, 0) is 66.9 Å². The van der Waals surface area contributed by atoms with Crippen molar-refractivity contribution in [2.45, 2.75) is 64.9 Å². The van der Waals surface area contributed by atoms with E-state index in [4.69, 9.17) is 4.74 Å². The van der Waals surface area contributed by atoms with Crippen LogP contribution >= 0.6 is 0 Å².